The van der Waals surface area contributed by atoms with Crippen LogP contribution in [0.3, 0.4) is 0 Å². The van der Waals surface area contributed by atoms with E-state index in [1.807, 2.05) is 0 Å². The Morgan fingerprint density at radius 1 is 1.31 bits per heavy atom. The van der Waals surface area contributed by atoms with Gasteiger partial charge in [-0.05, 0) is 37.8 Å². The summed E-state index contributed by atoms with van der Waals surface area (Å²) >= 11 is 0. The molecule has 2 heterocycles. The maximum atomic E-state index is 11.0. The molecule has 0 aromatic heterocycles. The van der Waals surface area contributed by atoms with Gasteiger partial charge >= 0.3 is 0 Å². The van der Waals surface area contributed by atoms with Gasteiger partial charge in [0.15, 0.2) is 0 Å². The molecule has 5 heteroatoms. The highest BCUT2D eigenvalue weighted by atomic mass is 35.7. The maximum absolute atomic E-state index is 11.0. The summed E-state index contributed by atoms with van der Waals surface area (Å²) in [5.74, 6) is 0.165. The summed E-state index contributed by atoms with van der Waals surface area (Å²) in [6, 6.07) is 0. The molecule has 0 aromatic carbocycles. The van der Waals surface area contributed by atoms with Gasteiger partial charge in [-0.25, -0.2) is 8.42 Å². The average molecular weight is 224 g/mol. The molecule has 13 heavy (non-hydrogen) atoms. The van der Waals surface area contributed by atoms with Crippen LogP contribution >= 0.6 is 10.7 Å². The lowest BCUT2D eigenvalue weighted by molar-refractivity contribution is 0.203. The Hall–Kier alpha value is 0.200. The van der Waals surface area contributed by atoms with E-state index < -0.39 is 9.05 Å². The van der Waals surface area contributed by atoms with Crippen molar-refractivity contribution >= 4 is 19.7 Å². The molecule has 2 saturated heterocycles. The standard InChI is InChI=1S/C8H14ClNO2S/c9-13(11,12)7-8-2-1-4-10(6-8)5-3-8/h1-7H2/t8-/m0/s1. The van der Waals surface area contributed by atoms with Gasteiger partial charge in [0.25, 0.3) is 0 Å². The summed E-state index contributed by atoms with van der Waals surface area (Å²) in [5, 5.41) is 0. The van der Waals surface area contributed by atoms with Crippen LogP contribution in [0, 0.1) is 5.41 Å². The van der Waals surface area contributed by atoms with Gasteiger partial charge in [-0.1, -0.05) is 0 Å². The monoisotopic (exact) mass is 223 g/mol. The highest BCUT2D eigenvalue weighted by Gasteiger charge is 2.43. The number of nitrogens with zero attached hydrogens (tertiary/aromatic N) is 1. The van der Waals surface area contributed by atoms with Crippen LogP contribution in [0.4, 0.5) is 0 Å². The zero-order valence-corrected chi connectivity index (χ0v) is 9.07. The molecule has 1 unspecified atom stereocenters. The van der Waals surface area contributed by atoms with E-state index in [0.29, 0.717) is 0 Å². The molecule has 76 valence electrons. The third kappa shape index (κ3) is 2.17. The van der Waals surface area contributed by atoms with Gasteiger partial charge in [-0.3, -0.25) is 0 Å². The van der Waals surface area contributed by atoms with Gasteiger partial charge in [-0.2, -0.15) is 0 Å². The highest BCUT2D eigenvalue weighted by molar-refractivity contribution is 8.13. The zero-order valence-electron chi connectivity index (χ0n) is 7.50. The van der Waals surface area contributed by atoms with Crippen molar-refractivity contribution in [3.8, 4) is 0 Å². The van der Waals surface area contributed by atoms with Crippen molar-refractivity contribution in [3.05, 3.63) is 0 Å². The molecule has 2 bridgehead atoms. The number of piperidine rings is 1. The molecule has 0 N–H and O–H groups in total. The molecule has 2 rings (SSSR count). The second-order valence-corrected chi connectivity index (χ2v) is 7.09. The first-order chi connectivity index (χ1) is 5.99. The van der Waals surface area contributed by atoms with E-state index in [1.165, 1.54) is 0 Å². The van der Waals surface area contributed by atoms with E-state index in [0.717, 1.165) is 38.9 Å². The minimum Gasteiger partial charge on any atom is -0.303 e. The molecule has 2 fully saturated rings. The predicted octanol–water partition coefficient (Wildman–Crippen LogP) is 1.04. The summed E-state index contributed by atoms with van der Waals surface area (Å²) in [5.41, 5.74) is -0.0150. The van der Waals surface area contributed by atoms with Crippen LogP contribution in [-0.4, -0.2) is 38.7 Å². The third-order valence-corrected chi connectivity index (χ3v) is 4.46. The average Bonchev–Trinajstić information content (AvgIpc) is 2.23. The van der Waals surface area contributed by atoms with Gasteiger partial charge in [0.05, 0.1) is 5.75 Å². The van der Waals surface area contributed by atoms with Gasteiger partial charge in [0.2, 0.25) is 9.05 Å². The Labute approximate surface area is 83.5 Å². The van der Waals surface area contributed by atoms with Gasteiger partial charge in [-0.15, -0.1) is 0 Å². The lowest BCUT2D eigenvalue weighted by atomic mass is 9.83. The minimum absolute atomic E-state index is 0.0150. The summed E-state index contributed by atoms with van der Waals surface area (Å²) < 4.78 is 22.1. The molecule has 0 aliphatic carbocycles. The van der Waals surface area contributed by atoms with E-state index in [-0.39, 0.29) is 11.2 Å². The zero-order chi connectivity index (χ0) is 9.53. The van der Waals surface area contributed by atoms with Crippen molar-refractivity contribution in [2.24, 2.45) is 5.41 Å². The van der Waals surface area contributed by atoms with Crippen LogP contribution in [0.15, 0.2) is 0 Å². The first-order valence-electron chi connectivity index (χ1n) is 4.64. The second kappa shape index (κ2) is 3.11. The van der Waals surface area contributed by atoms with Crippen LogP contribution in [0.1, 0.15) is 19.3 Å². The molecule has 0 amide bonds. The summed E-state index contributed by atoms with van der Waals surface area (Å²) in [6.45, 7) is 3.11. The summed E-state index contributed by atoms with van der Waals surface area (Å²) in [4.78, 5) is 2.34. The lowest BCUT2D eigenvalue weighted by Gasteiger charge is -2.32. The summed E-state index contributed by atoms with van der Waals surface area (Å²) in [6.07, 6.45) is 3.14. The van der Waals surface area contributed by atoms with Crippen molar-refractivity contribution in [1.82, 2.24) is 4.90 Å². The number of halogens is 1. The smallest absolute Gasteiger partial charge is 0.233 e. The fraction of sp³-hybridized carbons (Fsp3) is 1.00. The Morgan fingerprint density at radius 3 is 2.77 bits per heavy atom. The molecule has 0 spiro atoms. The molecule has 0 aromatic rings. The number of rotatable bonds is 2. The lowest BCUT2D eigenvalue weighted by Crippen LogP contribution is -2.37. The second-order valence-electron chi connectivity index (χ2n) is 4.31. The van der Waals surface area contributed by atoms with E-state index in [1.54, 1.807) is 0 Å². The van der Waals surface area contributed by atoms with Crippen LogP contribution in [-0.2, 0) is 9.05 Å². The first kappa shape index (κ1) is 9.74. The van der Waals surface area contributed by atoms with E-state index in [2.05, 4.69) is 4.90 Å². The quantitative estimate of drug-likeness (QED) is 0.657. The van der Waals surface area contributed by atoms with Crippen LogP contribution in [0.2, 0.25) is 0 Å². The molecule has 0 saturated carbocycles. The number of hydrogen-bond donors (Lipinski definition) is 0. The largest absolute Gasteiger partial charge is 0.303 e. The molecule has 2 atom stereocenters. The Kier molecular flexibility index (Phi) is 2.33. The molecule has 2 aliphatic rings. The Balaban J connectivity index is 2.12. The summed E-state index contributed by atoms with van der Waals surface area (Å²) in [7, 11) is 1.98. The molecule has 3 nitrogen and oxygen atoms in total. The van der Waals surface area contributed by atoms with E-state index in [9.17, 15) is 8.42 Å². The SMILES string of the molecule is O=S(=O)(Cl)C[C@@]12CCCN(CC1)C2. The fourth-order valence-corrected chi connectivity index (χ4v) is 4.46. The van der Waals surface area contributed by atoms with Crippen LogP contribution < -0.4 is 0 Å². The maximum Gasteiger partial charge on any atom is 0.233 e. The minimum atomic E-state index is -3.32. The molecular weight excluding hydrogens is 210 g/mol. The third-order valence-electron chi connectivity index (χ3n) is 3.18. The Bertz CT molecular complexity index is 299. The predicted molar refractivity (Wildman–Crippen MR) is 52.4 cm³/mol. The number of hydrogen-bond acceptors (Lipinski definition) is 3. The van der Waals surface area contributed by atoms with Crippen LogP contribution in [0.5, 0.6) is 0 Å². The fourth-order valence-electron chi connectivity index (χ4n) is 2.66. The normalized spacial score (nSPS) is 39.3. The van der Waals surface area contributed by atoms with E-state index >= 15 is 0 Å². The number of fused-ring (bicyclic) bond motifs is 2. The van der Waals surface area contributed by atoms with Crippen molar-refractivity contribution in [2.75, 3.05) is 25.4 Å². The van der Waals surface area contributed by atoms with Crippen molar-refractivity contribution in [2.45, 2.75) is 19.3 Å². The van der Waals surface area contributed by atoms with E-state index in [4.69, 9.17) is 10.7 Å². The topological polar surface area (TPSA) is 37.4 Å². The van der Waals surface area contributed by atoms with Crippen molar-refractivity contribution in [1.29, 1.82) is 0 Å². The molecule has 2 aliphatic heterocycles. The van der Waals surface area contributed by atoms with Crippen molar-refractivity contribution < 1.29 is 8.42 Å². The highest BCUT2D eigenvalue weighted by Crippen LogP contribution is 2.40. The first-order valence-corrected chi connectivity index (χ1v) is 7.12. The van der Waals surface area contributed by atoms with Crippen molar-refractivity contribution in [3.63, 3.8) is 0 Å². The molecule has 0 radical (unpaired) electrons. The van der Waals surface area contributed by atoms with Gasteiger partial charge in [0.1, 0.15) is 0 Å². The Morgan fingerprint density at radius 2 is 2.08 bits per heavy atom. The van der Waals surface area contributed by atoms with Gasteiger partial charge < -0.3 is 4.90 Å². The van der Waals surface area contributed by atoms with Gasteiger partial charge in [0, 0.05) is 17.2 Å². The molecular formula is C8H14ClNO2S. The van der Waals surface area contributed by atoms with Crippen LogP contribution in [0.25, 0.3) is 0 Å².